The van der Waals surface area contributed by atoms with Gasteiger partial charge in [0.15, 0.2) is 16.3 Å². The van der Waals surface area contributed by atoms with Crippen LogP contribution in [0.5, 0.6) is 0 Å². The first-order valence-corrected chi connectivity index (χ1v) is 8.20. The molecule has 0 amide bonds. The fraction of sp³-hybridized carbons (Fsp3) is 0.385. The van der Waals surface area contributed by atoms with Crippen LogP contribution in [0.25, 0.3) is 11.6 Å². The number of nitrogens with one attached hydrogen (secondary N) is 1. The quantitative estimate of drug-likeness (QED) is 0.909. The maximum absolute atomic E-state index is 5.55. The van der Waals surface area contributed by atoms with E-state index in [1.807, 2.05) is 23.9 Å². The standard InChI is InChI=1S/C13H14BrN3OS/c1-2-5-15-12-8-6-19-7-9(8)16-13(17-12)10-3-4-11(14)18-10/h3-4H,2,5-7H2,1H3,(H,15,16,17). The van der Waals surface area contributed by atoms with Crippen LogP contribution >= 0.6 is 27.7 Å². The van der Waals surface area contributed by atoms with Crippen molar-refractivity contribution in [1.29, 1.82) is 0 Å². The Labute approximate surface area is 124 Å². The molecule has 0 fully saturated rings. The predicted molar refractivity (Wildman–Crippen MR) is 81.2 cm³/mol. The smallest absolute Gasteiger partial charge is 0.197 e. The van der Waals surface area contributed by atoms with E-state index in [0.717, 1.165) is 36.0 Å². The van der Waals surface area contributed by atoms with Crippen LogP contribution in [0.4, 0.5) is 5.82 Å². The molecule has 0 radical (unpaired) electrons. The summed E-state index contributed by atoms with van der Waals surface area (Å²) in [5.74, 6) is 4.26. The van der Waals surface area contributed by atoms with E-state index in [0.29, 0.717) is 16.3 Å². The number of fused-ring (bicyclic) bond motifs is 1. The van der Waals surface area contributed by atoms with Crippen molar-refractivity contribution in [3.05, 3.63) is 28.1 Å². The molecule has 0 unspecified atom stereocenters. The molecule has 2 aromatic heterocycles. The van der Waals surface area contributed by atoms with Crippen molar-refractivity contribution < 1.29 is 4.42 Å². The predicted octanol–water partition coefficient (Wildman–Crippen LogP) is 4.07. The third-order valence-electron chi connectivity index (χ3n) is 2.91. The molecule has 0 atom stereocenters. The molecule has 100 valence electrons. The largest absolute Gasteiger partial charge is 0.446 e. The summed E-state index contributed by atoms with van der Waals surface area (Å²) in [6.07, 6.45) is 1.08. The second-order valence-corrected chi connectivity index (χ2v) is 6.11. The second kappa shape index (κ2) is 5.54. The van der Waals surface area contributed by atoms with Gasteiger partial charge in [-0.1, -0.05) is 6.92 Å². The minimum Gasteiger partial charge on any atom is -0.446 e. The van der Waals surface area contributed by atoms with Gasteiger partial charge in [-0.3, -0.25) is 0 Å². The molecule has 0 saturated heterocycles. The number of halogens is 1. The van der Waals surface area contributed by atoms with Gasteiger partial charge in [-0.15, -0.1) is 0 Å². The van der Waals surface area contributed by atoms with Crippen molar-refractivity contribution in [3.63, 3.8) is 0 Å². The zero-order valence-corrected chi connectivity index (χ0v) is 13.0. The summed E-state index contributed by atoms with van der Waals surface area (Å²) in [6, 6.07) is 3.75. The molecule has 0 aliphatic carbocycles. The first-order chi connectivity index (χ1) is 9.28. The highest BCUT2D eigenvalue weighted by molar-refractivity contribution is 9.10. The van der Waals surface area contributed by atoms with Gasteiger partial charge in [-0.05, 0) is 34.5 Å². The molecule has 4 nitrogen and oxygen atoms in total. The Hall–Kier alpha value is -1.01. The van der Waals surface area contributed by atoms with E-state index in [9.17, 15) is 0 Å². The van der Waals surface area contributed by atoms with E-state index in [1.54, 1.807) is 0 Å². The molecule has 2 aromatic rings. The van der Waals surface area contributed by atoms with Crippen LogP contribution in [0.2, 0.25) is 0 Å². The number of nitrogens with zero attached hydrogens (tertiary/aromatic N) is 2. The normalized spacial score (nSPS) is 13.6. The van der Waals surface area contributed by atoms with E-state index < -0.39 is 0 Å². The SMILES string of the molecule is CCCNc1nc(-c2ccc(Br)o2)nc2c1CSC2. The monoisotopic (exact) mass is 339 g/mol. The summed E-state index contributed by atoms with van der Waals surface area (Å²) in [4.78, 5) is 9.23. The van der Waals surface area contributed by atoms with Crippen LogP contribution in [0, 0.1) is 0 Å². The van der Waals surface area contributed by atoms with Crippen molar-refractivity contribution >= 4 is 33.5 Å². The van der Waals surface area contributed by atoms with Gasteiger partial charge in [0.2, 0.25) is 0 Å². The van der Waals surface area contributed by atoms with Crippen LogP contribution < -0.4 is 5.32 Å². The number of anilines is 1. The Balaban J connectivity index is 2.02. The third-order valence-corrected chi connectivity index (χ3v) is 4.31. The minimum absolute atomic E-state index is 0.658. The van der Waals surface area contributed by atoms with Gasteiger partial charge >= 0.3 is 0 Å². The maximum atomic E-state index is 5.55. The lowest BCUT2D eigenvalue weighted by Gasteiger charge is -2.10. The van der Waals surface area contributed by atoms with Crippen LogP contribution in [-0.2, 0) is 11.5 Å². The first kappa shape index (κ1) is 13.0. The molecule has 1 N–H and O–H groups in total. The highest BCUT2D eigenvalue weighted by Crippen LogP contribution is 2.35. The van der Waals surface area contributed by atoms with Gasteiger partial charge < -0.3 is 9.73 Å². The number of hydrogen-bond donors (Lipinski definition) is 1. The Morgan fingerprint density at radius 1 is 1.37 bits per heavy atom. The fourth-order valence-corrected chi connectivity index (χ4v) is 3.33. The molecule has 3 rings (SSSR count). The summed E-state index contributed by atoms with van der Waals surface area (Å²) in [5, 5.41) is 3.39. The molecule has 6 heteroatoms. The van der Waals surface area contributed by atoms with Gasteiger partial charge in [0.1, 0.15) is 5.82 Å². The van der Waals surface area contributed by atoms with Crippen LogP contribution in [-0.4, -0.2) is 16.5 Å². The van der Waals surface area contributed by atoms with Gasteiger partial charge in [-0.2, -0.15) is 11.8 Å². The molecular weight excluding hydrogens is 326 g/mol. The average Bonchev–Trinajstić information content (AvgIpc) is 3.03. The minimum atomic E-state index is 0.658. The van der Waals surface area contributed by atoms with Crippen LogP contribution in [0.1, 0.15) is 24.6 Å². The van der Waals surface area contributed by atoms with E-state index in [2.05, 4.69) is 38.1 Å². The average molecular weight is 340 g/mol. The number of aromatic nitrogens is 2. The molecular formula is C13H14BrN3OS. The Morgan fingerprint density at radius 3 is 3.00 bits per heavy atom. The van der Waals surface area contributed by atoms with Crippen LogP contribution in [0.15, 0.2) is 21.2 Å². The highest BCUT2D eigenvalue weighted by Gasteiger charge is 2.21. The van der Waals surface area contributed by atoms with Gasteiger partial charge in [0.05, 0.1) is 5.69 Å². The number of furan rings is 1. The molecule has 1 aliphatic rings. The van der Waals surface area contributed by atoms with Crippen molar-refractivity contribution in [2.45, 2.75) is 24.9 Å². The fourth-order valence-electron chi connectivity index (χ4n) is 1.99. The van der Waals surface area contributed by atoms with Crippen molar-refractivity contribution in [1.82, 2.24) is 9.97 Å². The lowest BCUT2D eigenvalue weighted by atomic mass is 10.2. The number of hydrogen-bond acceptors (Lipinski definition) is 5. The number of thioether (sulfide) groups is 1. The Bertz CT molecular complexity index is 600. The molecule has 19 heavy (non-hydrogen) atoms. The molecule has 0 aromatic carbocycles. The van der Waals surface area contributed by atoms with E-state index in [4.69, 9.17) is 4.42 Å². The molecule has 1 aliphatic heterocycles. The van der Waals surface area contributed by atoms with Crippen molar-refractivity contribution in [3.8, 4) is 11.6 Å². The summed E-state index contributed by atoms with van der Waals surface area (Å²) in [6.45, 7) is 3.07. The van der Waals surface area contributed by atoms with Gasteiger partial charge in [-0.25, -0.2) is 9.97 Å². The van der Waals surface area contributed by atoms with Crippen molar-refractivity contribution in [2.75, 3.05) is 11.9 Å². The Kier molecular flexibility index (Phi) is 3.79. The Morgan fingerprint density at radius 2 is 2.26 bits per heavy atom. The zero-order valence-electron chi connectivity index (χ0n) is 10.6. The van der Waals surface area contributed by atoms with E-state index in [-0.39, 0.29) is 0 Å². The summed E-state index contributed by atoms with van der Waals surface area (Å²) >= 11 is 5.19. The second-order valence-electron chi connectivity index (χ2n) is 4.34. The highest BCUT2D eigenvalue weighted by atomic mass is 79.9. The molecule has 3 heterocycles. The first-order valence-electron chi connectivity index (χ1n) is 6.25. The van der Waals surface area contributed by atoms with E-state index >= 15 is 0 Å². The number of rotatable bonds is 4. The van der Waals surface area contributed by atoms with Crippen molar-refractivity contribution in [2.24, 2.45) is 0 Å². The molecule has 0 spiro atoms. The summed E-state index contributed by atoms with van der Waals surface area (Å²) in [5.41, 5.74) is 2.37. The lowest BCUT2D eigenvalue weighted by molar-refractivity contribution is 0.551. The summed E-state index contributed by atoms with van der Waals surface area (Å²) < 4.78 is 6.24. The third kappa shape index (κ3) is 2.65. The maximum Gasteiger partial charge on any atom is 0.197 e. The van der Waals surface area contributed by atoms with E-state index in [1.165, 1.54) is 5.56 Å². The lowest BCUT2D eigenvalue weighted by Crippen LogP contribution is -2.07. The topological polar surface area (TPSA) is 51.0 Å². The molecule has 0 saturated carbocycles. The molecule has 0 bridgehead atoms. The zero-order chi connectivity index (χ0) is 13.2. The van der Waals surface area contributed by atoms with Crippen LogP contribution in [0.3, 0.4) is 0 Å². The summed E-state index contributed by atoms with van der Waals surface area (Å²) in [7, 11) is 0. The van der Waals surface area contributed by atoms with Gasteiger partial charge in [0.25, 0.3) is 0 Å². The van der Waals surface area contributed by atoms with Gasteiger partial charge in [0, 0.05) is 23.6 Å².